The van der Waals surface area contributed by atoms with Crippen LogP contribution in [-0.2, 0) is 9.59 Å². The zero-order valence-electron chi connectivity index (χ0n) is 19.6. The number of carbonyl (C=O) groups is 2. The summed E-state index contributed by atoms with van der Waals surface area (Å²) < 4.78 is 0. The van der Waals surface area contributed by atoms with Gasteiger partial charge in [0.25, 0.3) is 0 Å². The summed E-state index contributed by atoms with van der Waals surface area (Å²) in [5.41, 5.74) is 3.84. The van der Waals surface area contributed by atoms with Crippen molar-refractivity contribution in [3.05, 3.63) is 35.1 Å². The molecule has 5 aliphatic rings. The molecule has 0 radical (unpaired) electrons. The zero-order chi connectivity index (χ0) is 22.1. The molecule has 3 saturated heterocycles. The standard InChI is InChI=1S/C26H38N4O2/c1-20-5-10-24(20)28-14-16-29(17-15-28)26(32)19-27-13-11-21-6-8-23(9-7-22(21)18-27)30-12-3-2-4-25(30)31/h6-7,9,20,24H,2-5,8,10-19H2,1H3. The second kappa shape index (κ2) is 9.52. The Morgan fingerprint density at radius 2 is 1.81 bits per heavy atom. The summed E-state index contributed by atoms with van der Waals surface area (Å²) in [5.74, 6) is 1.37. The van der Waals surface area contributed by atoms with Gasteiger partial charge in [0.15, 0.2) is 0 Å². The highest BCUT2D eigenvalue weighted by Gasteiger charge is 2.35. The van der Waals surface area contributed by atoms with Crippen molar-refractivity contribution in [1.82, 2.24) is 19.6 Å². The van der Waals surface area contributed by atoms with Crippen LogP contribution in [0.15, 0.2) is 35.1 Å². The molecule has 2 amide bonds. The summed E-state index contributed by atoms with van der Waals surface area (Å²) >= 11 is 0. The normalized spacial score (nSPS) is 30.0. The van der Waals surface area contributed by atoms with Crippen molar-refractivity contribution in [2.24, 2.45) is 5.92 Å². The number of allylic oxidation sites excluding steroid dienone is 3. The van der Waals surface area contributed by atoms with Crippen molar-refractivity contribution < 1.29 is 9.59 Å². The quantitative estimate of drug-likeness (QED) is 0.677. The Balaban J connectivity index is 1.15. The van der Waals surface area contributed by atoms with E-state index in [2.05, 4.69) is 39.9 Å². The lowest BCUT2D eigenvalue weighted by molar-refractivity contribution is -0.135. The number of amides is 2. The van der Waals surface area contributed by atoms with Crippen molar-refractivity contribution >= 4 is 11.8 Å². The van der Waals surface area contributed by atoms with E-state index in [9.17, 15) is 9.59 Å². The van der Waals surface area contributed by atoms with Gasteiger partial charge in [-0.2, -0.15) is 0 Å². The molecule has 3 heterocycles. The molecule has 1 saturated carbocycles. The Kier molecular flexibility index (Phi) is 6.51. The lowest BCUT2D eigenvalue weighted by Gasteiger charge is -2.46. The van der Waals surface area contributed by atoms with Gasteiger partial charge in [0, 0.05) is 70.4 Å². The van der Waals surface area contributed by atoms with Gasteiger partial charge in [0.05, 0.1) is 6.54 Å². The van der Waals surface area contributed by atoms with Crippen molar-refractivity contribution in [3.8, 4) is 0 Å². The number of fused-ring (bicyclic) bond motifs is 1. The molecule has 0 aromatic rings. The Morgan fingerprint density at radius 3 is 2.53 bits per heavy atom. The summed E-state index contributed by atoms with van der Waals surface area (Å²) in [6.07, 6.45) is 14.0. The van der Waals surface area contributed by atoms with E-state index in [0.29, 0.717) is 13.0 Å². The number of rotatable bonds is 4. The molecule has 0 spiro atoms. The van der Waals surface area contributed by atoms with Crippen LogP contribution in [0.1, 0.15) is 51.9 Å². The fourth-order valence-corrected chi connectivity index (χ4v) is 5.98. The SMILES string of the molecule is CC1CCC1N1CCN(C(=O)CN2CCC3=CCC(N4CCCCC4=O)=CC=C3C2)CC1. The molecule has 0 aromatic heterocycles. The Bertz CT molecular complexity index is 837. The molecule has 2 atom stereocenters. The van der Waals surface area contributed by atoms with Crippen LogP contribution in [-0.4, -0.2) is 89.8 Å². The van der Waals surface area contributed by atoms with E-state index in [1.807, 2.05) is 4.90 Å². The van der Waals surface area contributed by atoms with Crippen LogP contribution in [0.3, 0.4) is 0 Å². The first-order valence-electron chi connectivity index (χ1n) is 12.7. The molecule has 5 rings (SSSR count). The van der Waals surface area contributed by atoms with E-state index in [4.69, 9.17) is 0 Å². The topological polar surface area (TPSA) is 47.1 Å². The number of hydrogen-bond acceptors (Lipinski definition) is 4. The van der Waals surface area contributed by atoms with Crippen LogP contribution in [0, 0.1) is 5.92 Å². The monoisotopic (exact) mass is 438 g/mol. The molecule has 2 unspecified atom stereocenters. The predicted molar refractivity (Wildman–Crippen MR) is 126 cm³/mol. The molecular formula is C26H38N4O2. The van der Waals surface area contributed by atoms with Crippen LogP contribution in [0.4, 0.5) is 0 Å². The first kappa shape index (κ1) is 21.9. The molecule has 174 valence electrons. The van der Waals surface area contributed by atoms with E-state index in [-0.39, 0.29) is 11.8 Å². The summed E-state index contributed by atoms with van der Waals surface area (Å²) in [4.78, 5) is 34.3. The van der Waals surface area contributed by atoms with Crippen molar-refractivity contribution in [1.29, 1.82) is 0 Å². The highest BCUT2D eigenvalue weighted by Crippen LogP contribution is 2.32. The smallest absolute Gasteiger partial charge is 0.236 e. The maximum Gasteiger partial charge on any atom is 0.236 e. The van der Waals surface area contributed by atoms with Crippen LogP contribution >= 0.6 is 0 Å². The molecular weight excluding hydrogens is 400 g/mol. The maximum absolute atomic E-state index is 13.0. The molecule has 2 aliphatic carbocycles. The fraction of sp³-hybridized carbons (Fsp3) is 0.692. The van der Waals surface area contributed by atoms with E-state index in [0.717, 1.165) is 89.2 Å². The highest BCUT2D eigenvalue weighted by atomic mass is 16.2. The van der Waals surface area contributed by atoms with Gasteiger partial charge in [-0.25, -0.2) is 0 Å². The average Bonchev–Trinajstić information content (AvgIpc) is 3.01. The number of piperidine rings is 2. The molecule has 0 N–H and O–H groups in total. The number of piperazine rings is 1. The van der Waals surface area contributed by atoms with Crippen molar-refractivity contribution in [3.63, 3.8) is 0 Å². The van der Waals surface area contributed by atoms with E-state index in [1.54, 1.807) is 0 Å². The van der Waals surface area contributed by atoms with Gasteiger partial charge in [-0.05, 0) is 55.2 Å². The van der Waals surface area contributed by atoms with Gasteiger partial charge >= 0.3 is 0 Å². The maximum atomic E-state index is 13.0. The van der Waals surface area contributed by atoms with Crippen molar-refractivity contribution in [2.45, 2.75) is 57.9 Å². The minimum atomic E-state index is 0.267. The molecule has 6 heteroatoms. The van der Waals surface area contributed by atoms with Gasteiger partial charge in [0.2, 0.25) is 11.8 Å². The van der Waals surface area contributed by atoms with Gasteiger partial charge in [0.1, 0.15) is 0 Å². The number of likely N-dealkylation sites (tertiary alicyclic amines) is 2. The first-order chi connectivity index (χ1) is 15.6. The number of nitrogens with zero attached hydrogens (tertiary/aromatic N) is 4. The summed E-state index contributed by atoms with van der Waals surface area (Å²) in [6, 6.07) is 0.750. The van der Waals surface area contributed by atoms with Gasteiger partial charge in [-0.1, -0.05) is 19.1 Å². The van der Waals surface area contributed by atoms with Gasteiger partial charge < -0.3 is 9.80 Å². The van der Waals surface area contributed by atoms with Crippen LogP contribution in [0.2, 0.25) is 0 Å². The third-order valence-electron chi connectivity index (χ3n) is 8.28. The first-order valence-corrected chi connectivity index (χ1v) is 12.7. The van der Waals surface area contributed by atoms with E-state index < -0.39 is 0 Å². The second-order valence-electron chi connectivity index (χ2n) is 10.3. The third-order valence-corrected chi connectivity index (χ3v) is 8.28. The molecule has 3 aliphatic heterocycles. The van der Waals surface area contributed by atoms with Crippen LogP contribution in [0.25, 0.3) is 0 Å². The number of hydrogen-bond donors (Lipinski definition) is 0. The minimum absolute atomic E-state index is 0.267. The fourth-order valence-electron chi connectivity index (χ4n) is 5.98. The Labute approximate surface area is 192 Å². The lowest BCUT2D eigenvalue weighted by Crippen LogP contribution is -2.57. The summed E-state index contributed by atoms with van der Waals surface area (Å²) in [7, 11) is 0. The Morgan fingerprint density at radius 1 is 0.969 bits per heavy atom. The Hall–Kier alpha value is -1.92. The van der Waals surface area contributed by atoms with Gasteiger partial charge in [-0.3, -0.25) is 19.4 Å². The van der Waals surface area contributed by atoms with E-state index >= 15 is 0 Å². The zero-order valence-corrected chi connectivity index (χ0v) is 19.6. The lowest BCUT2D eigenvalue weighted by atomic mass is 9.80. The van der Waals surface area contributed by atoms with Gasteiger partial charge in [-0.15, -0.1) is 0 Å². The third kappa shape index (κ3) is 4.58. The van der Waals surface area contributed by atoms with E-state index in [1.165, 1.54) is 24.0 Å². The summed E-state index contributed by atoms with van der Waals surface area (Å²) in [6.45, 7) is 9.30. The van der Waals surface area contributed by atoms with Crippen molar-refractivity contribution in [2.75, 3.05) is 52.4 Å². The molecule has 0 bridgehead atoms. The molecule has 4 fully saturated rings. The molecule has 6 nitrogen and oxygen atoms in total. The minimum Gasteiger partial charge on any atom is -0.339 e. The largest absolute Gasteiger partial charge is 0.339 e. The predicted octanol–water partition coefficient (Wildman–Crippen LogP) is 2.79. The van der Waals surface area contributed by atoms with Crippen LogP contribution < -0.4 is 0 Å². The molecule has 32 heavy (non-hydrogen) atoms. The highest BCUT2D eigenvalue weighted by molar-refractivity contribution is 5.79. The van der Waals surface area contributed by atoms with Crippen LogP contribution in [0.5, 0.6) is 0 Å². The summed E-state index contributed by atoms with van der Waals surface area (Å²) in [5, 5.41) is 0. The number of carbonyl (C=O) groups excluding carboxylic acids is 2. The second-order valence-corrected chi connectivity index (χ2v) is 10.3. The molecule has 0 aromatic carbocycles. The average molecular weight is 439 g/mol.